The minimum atomic E-state index is -3.04. The maximum atomic E-state index is 13.1. The van der Waals surface area contributed by atoms with Crippen molar-refractivity contribution in [3.05, 3.63) is 35.9 Å². The minimum Gasteiger partial charge on any atom is -0.336 e. The molecule has 2 fully saturated rings. The Kier molecular flexibility index (Phi) is 6.95. The van der Waals surface area contributed by atoms with Crippen molar-refractivity contribution in [1.82, 2.24) is 14.7 Å². The molecule has 7 nitrogen and oxygen atoms in total. The van der Waals surface area contributed by atoms with Crippen LogP contribution in [0.15, 0.2) is 30.3 Å². The van der Waals surface area contributed by atoms with E-state index in [0.717, 1.165) is 6.42 Å². The van der Waals surface area contributed by atoms with Gasteiger partial charge in [-0.05, 0) is 31.9 Å². The van der Waals surface area contributed by atoms with Crippen LogP contribution in [-0.4, -0.2) is 91.2 Å². The fraction of sp³-hybridized carbons (Fsp3) is 0.619. The summed E-state index contributed by atoms with van der Waals surface area (Å²) in [5, 5.41) is 0. The van der Waals surface area contributed by atoms with Crippen molar-refractivity contribution in [2.24, 2.45) is 0 Å². The normalized spacial score (nSPS) is 23.0. The maximum Gasteiger partial charge on any atom is 0.253 e. The molecule has 0 aliphatic carbocycles. The highest BCUT2D eigenvalue weighted by Crippen LogP contribution is 2.22. The Labute approximate surface area is 173 Å². The van der Waals surface area contributed by atoms with E-state index in [1.54, 1.807) is 4.90 Å². The van der Waals surface area contributed by atoms with Gasteiger partial charge in [-0.25, -0.2) is 8.42 Å². The molecule has 2 aliphatic heterocycles. The smallest absolute Gasteiger partial charge is 0.253 e. The molecular weight excluding hydrogens is 390 g/mol. The first-order valence-electron chi connectivity index (χ1n) is 10.4. The number of rotatable bonds is 6. The minimum absolute atomic E-state index is 0.00992. The molecule has 2 aliphatic rings. The van der Waals surface area contributed by atoms with E-state index in [0.29, 0.717) is 38.2 Å². The molecule has 0 radical (unpaired) electrons. The molecule has 2 saturated heterocycles. The second kappa shape index (κ2) is 9.26. The van der Waals surface area contributed by atoms with Gasteiger partial charge in [-0.2, -0.15) is 0 Å². The zero-order valence-electron chi connectivity index (χ0n) is 17.3. The lowest BCUT2D eigenvalue weighted by molar-refractivity contribution is -0.137. The number of sulfone groups is 1. The summed E-state index contributed by atoms with van der Waals surface area (Å²) in [7, 11) is -3.04. The molecule has 2 atom stereocenters. The highest BCUT2D eigenvalue weighted by Gasteiger charge is 2.37. The van der Waals surface area contributed by atoms with Crippen molar-refractivity contribution >= 4 is 21.7 Å². The van der Waals surface area contributed by atoms with Crippen LogP contribution >= 0.6 is 0 Å². The molecule has 8 heteroatoms. The molecule has 0 unspecified atom stereocenters. The predicted molar refractivity (Wildman–Crippen MR) is 112 cm³/mol. The van der Waals surface area contributed by atoms with Crippen LogP contribution in [0.3, 0.4) is 0 Å². The average molecular weight is 422 g/mol. The van der Waals surface area contributed by atoms with Crippen LogP contribution in [0, 0.1) is 0 Å². The Hall–Kier alpha value is -1.93. The molecule has 0 aromatic heterocycles. The van der Waals surface area contributed by atoms with Gasteiger partial charge in [-0.1, -0.05) is 25.1 Å². The van der Waals surface area contributed by atoms with Crippen LogP contribution in [0.2, 0.25) is 0 Å². The summed E-state index contributed by atoms with van der Waals surface area (Å²) in [6.45, 7) is 6.73. The third-order valence-corrected chi connectivity index (χ3v) is 7.74. The number of hydrogen-bond donors (Lipinski definition) is 0. The van der Waals surface area contributed by atoms with E-state index in [1.165, 1.54) is 0 Å². The zero-order chi connectivity index (χ0) is 21.0. The molecule has 1 aromatic carbocycles. The summed E-state index contributed by atoms with van der Waals surface area (Å²) < 4.78 is 23.8. The number of hydrogen-bond acceptors (Lipinski definition) is 5. The van der Waals surface area contributed by atoms with Crippen molar-refractivity contribution in [3.63, 3.8) is 0 Å². The predicted octanol–water partition coefficient (Wildman–Crippen LogP) is 1.26. The summed E-state index contributed by atoms with van der Waals surface area (Å²) in [6.07, 6.45) is 1.32. The van der Waals surface area contributed by atoms with Crippen LogP contribution in [0.5, 0.6) is 0 Å². The maximum absolute atomic E-state index is 13.1. The van der Waals surface area contributed by atoms with Gasteiger partial charge in [0.2, 0.25) is 5.91 Å². The van der Waals surface area contributed by atoms with Crippen molar-refractivity contribution in [3.8, 4) is 0 Å². The number of benzene rings is 1. The Morgan fingerprint density at radius 3 is 2.34 bits per heavy atom. The van der Waals surface area contributed by atoms with Crippen molar-refractivity contribution in [2.75, 3.05) is 44.2 Å². The molecule has 1 aromatic rings. The molecule has 160 valence electrons. The first-order chi connectivity index (χ1) is 13.8. The van der Waals surface area contributed by atoms with E-state index in [-0.39, 0.29) is 41.9 Å². The number of carbonyl (C=O) groups excluding carboxylic acids is 2. The molecule has 0 spiro atoms. The van der Waals surface area contributed by atoms with Crippen LogP contribution in [0.1, 0.15) is 37.0 Å². The molecule has 0 N–H and O–H groups in total. The lowest BCUT2D eigenvalue weighted by Gasteiger charge is -2.38. The standard InChI is InChI=1S/C21H31N3O4S/c1-3-17(2)24(19-9-14-29(27,28)16-19)20(25)15-22-10-12-23(13-11-22)21(26)18-7-5-4-6-8-18/h4-8,17,19H,3,9-16H2,1-2H3/t17-,19+/m1/s1. The highest BCUT2D eigenvalue weighted by molar-refractivity contribution is 7.91. The summed E-state index contributed by atoms with van der Waals surface area (Å²) in [5.41, 5.74) is 0.683. The fourth-order valence-corrected chi connectivity index (χ4v) is 5.86. The quantitative estimate of drug-likeness (QED) is 0.691. The lowest BCUT2D eigenvalue weighted by atomic mass is 10.1. The van der Waals surface area contributed by atoms with Crippen LogP contribution in [0.4, 0.5) is 0 Å². The molecule has 2 amide bonds. The first-order valence-corrected chi connectivity index (χ1v) is 12.2. The third kappa shape index (κ3) is 5.36. The number of amides is 2. The first kappa shape index (κ1) is 21.8. The van der Waals surface area contributed by atoms with E-state index < -0.39 is 9.84 Å². The summed E-state index contributed by atoms with van der Waals surface area (Å²) in [6, 6.07) is 9.03. The topological polar surface area (TPSA) is 78.0 Å². The molecule has 29 heavy (non-hydrogen) atoms. The fourth-order valence-electron chi connectivity index (χ4n) is 4.15. The molecule has 0 bridgehead atoms. The monoisotopic (exact) mass is 421 g/mol. The Morgan fingerprint density at radius 1 is 1.14 bits per heavy atom. The van der Waals surface area contributed by atoms with Gasteiger partial charge in [0.25, 0.3) is 5.91 Å². The second-order valence-electron chi connectivity index (χ2n) is 8.05. The summed E-state index contributed by atoms with van der Waals surface area (Å²) in [4.78, 5) is 31.3. The zero-order valence-corrected chi connectivity index (χ0v) is 18.1. The van der Waals surface area contributed by atoms with Crippen molar-refractivity contribution in [2.45, 2.75) is 38.8 Å². The van der Waals surface area contributed by atoms with E-state index in [1.807, 2.05) is 49.1 Å². The largest absolute Gasteiger partial charge is 0.336 e. The van der Waals surface area contributed by atoms with E-state index in [9.17, 15) is 18.0 Å². The van der Waals surface area contributed by atoms with Gasteiger partial charge in [0.05, 0.1) is 18.1 Å². The van der Waals surface area contributed by atoms with Gasteiger partial charge in [-0.15, -0.1) is 0 Å². The Balaban J connectivity index is 1.57. The molecular formula is C21H31N3O4S. The Morgan fingerprint density at radius 2 is 1.79 bits per heavy atom. The van der Waals surface area contributed by atoms with Crippen molar-refractivity contribution in [1.29, 1.82) is 0 Å². The van der Waals surface area contributed by atoms with Gasteiger partial charge in [-0.3, -0.25) is 14.5 Å². The lowest BCUT2D eigenvalue weighted by Crippen LogP contribution is -2.54. The summed E-state index contributed by atoms with van der Waals surface area (Å²) in [5.74, 6) is 0.249. The van der Waals surface area contributed by atoms with E-state index in [4.69, 9.17) is 0 Å². The van der Waals surface area contributed by atoms with Crippen LogP contribution in [0.25, 0.3) is 0 Å². The van der Waals surface area contributed by atoms with Gasteiger partial charge >= 0.3 is 0 Å². The van der Waals surface area contributed by atoms with E-state index >= 15 is 0 Å². The van der Waals surface area contributed by atoms with Gasteiger partial charge in [0.15, 0.2) is 9.84 Å². The van der Waals surface area contributed by atoms with Gasteiger partial charge in [0, 0.05) is 43.8 Å². The van der Waals surface area contributed by atoms with Crippen molar-refractivity contribution < 1.29 is 18.0 Å². The number of piperazine rings is 1. The van der Waals surface area contributed by atoms with Gasteiger partial charge < -0.3 is 9.80 Å². The highest BCUT2D eigenvalue weighted by atomic mass is 32.2. The SMILES string of the molecule is CC[C@@H](C)N(C(=O)CN1CCN(C(=O)c2ccccc2)CC1)[C@H]1CCS(=O)(=O)C1. The van der Waals surface area contributed by atoms with Crippen LogP contribution in [-0.2, 0) is 14.6 Å². The third-order valence-electron chi connectivity index (χ3n) is 5.99. The molecule has 0 saturated carbocycles. The molecule has 3 rings (SSSR count). The Bertz CT molecular complexity index is 820. The average Bonchev–Trinajstić information content (AvgIpc) is 3.07. The second-order valence-corrected chi connectivity index (χ2v) is 10.3. The number of nitrogens with zero attached hydrogens (tertiary/aromatic N) is 3. The van der Waals surface area contributed by atoms with Crippen LogP contribution < -0.4 is 0 Å². The molecule has 2 heterocycles. The van der Waals surface area contributed by atoms with Gasteiger partial charge in [0.1, 0.15) is 0 Å². The summed E-state index contributed by atoms with van der Waals surface area (Å²) >= 11 is 0. The number of carbonyl (C=O) groups is 2. The van der Waals surface area contributed by atoms with E-state index in [2.05, 4.69) is 4.90 Å².